The minimum absolute atomic E-state index is 0.0000454. The smallest absolute Gasteiger partial charge is 0.410 e. The van der Waals surface area contributed by atoms with Gasteiger partial charge in [0, 0.05) is 59.3 Å². The maximum absolute atomic E-state index is 12.7. The van der Waals surface area contributed by atoms with E-state index in [4.69, 9.17) is 19.4 Å². The molecule has 11 heteroatoms. The highest BCUT2D eigenvalue weighted by Gasteiger charge is 2.28. The fourth-order valence-corrected chi connectivity index (χ4v) is 6.53. The van der Waals surface area contributed by atoms with Crippen LogP contribution in [0.25, 0.3) is 22.0 Å². The van der Waals surface area contributed by atoms with Crippen LogP contribution in [-0.4, -0.2) is 55.7 Å². The molecule has 4 heterocycles. The second-order valence-corrected chi connectivity index (χ2v) is 14.3. The third-order valence-electron chi connectivity index (χ3n) is 8.04. The molecule has 2 aromatic carbocycles. The number of fused-ring (bicyclic) bond motifs is 1. The van der Waals surface area contributed by atoms with Crippen molar-refractivity contribution in [2.45, 2.75) is 78.5 Å². The Labute approximate surface area is 286 Å². The van der Waals surface area contributed by atoms with Gasteiger partial charge >= 0.3 is 6.09 Å². The van der Waals surface area contributed by atoms with Crippen molar-refractivity contribution in [3.63, 3.8) is 0 Å². The van der Waals surface area contributed by atoms with Gasteiger partial charge in [-0.2, -0.15) is 0 Å². The zero-order chi connectivity index (χ0) is 33.8. The van der Waals surface area contributed by atoms with Crippen molar-refractivity contribution in [2.24, 2.45) is 0 Å². The lowest BCUT2D eigenvalue weighted by Crippen LogP contribution is -2.47. The number of nitrogens with zero attached hydrogens (tertiary/aromatic N) is 5. The number of carbonyl (C=O) groups is 1. The van der Waals surface area contributed by atoms with Crippen molar-refractivity contribution in [1.82, 2.24) is 24.8 Å². The van der Waals surface area contributed by atoms with E-state index < -0.39 is 5.60 Å². The van der Waals surface area contributed by atoms with E-state index >= 15 is 0 Å². The molecule has 6 rings (SSSR count). The number of likely N-dealkylation sites (tertiary alicyclic amines) is 1. The molecule has 1 aliphatic rings. The first-order chi connectivity index (χ1) is 23.0. The predicted molar refractivity (Wildman–Crippen MR) is 192 cm³/mol. The normalized spacial score (nSPS) is 15.1. The average molecular weight is 666 g/mol. The van der Waals surface area contributed by atoms with E-state index in [1.165, 1.54) is 0 Å². The lowest BCUT2D eigenvalue weighted by Gasteiger charge is -2.34. The highest BCUT2D eigenvalue weighted by Crippen LogP contribution is 2.39. The summed E-state index contributed by atoms with van der Waals surface area (Å²) in [6.07, 6.45) is 4.91. The standard InChI is InChI=1S/C37H43N7O3S/c1-23(2)34-41-26(22-48-34)20-40-30-13-7-11-28-27(30)15-14-24(3)32(28)46-33-29(12-8-17-38-33)31-16-18-39-35(43-31)42-25-10-9-19-44(21-25)36(45)47-37(4,5)6/h7-8,11-18,22-23,25,40H,9-10,19-21H2,1-6H3,(H,39,42,43)/t25-/m0/s1. The fourth-order valence-electron chi connectivity index (χ4n) is 5.70. The Morgan fingerprint density at radius 3 is 2.69 bits per heavy atom. The Hall–Kier alpha value is -4.77. The Kier molecular flexibility index (Phi) is 9.77. The van der Waals surface area contributed by atoms with Gasteiger partial charge in [0.2, 0.25) is 11.8 Å². The number of hydrogen-bond donors (Lipinski definition) is 2. The predicted octanol–water partition coefficient (Wildman–Crippen LogP) is 8.80. The van der Waals surface area contributed by atoms with Crippen molar-refractivity contribution in [1.29, 1.82) is 0 Å². The molecule has 48 heavy (non-hydrogen) atoms. The van der Waals surface area contributed by atoms with Crippen LogP contribution in [-0.2, 0) is 11.3 Å². The number of aryl methyl sites for hydroxylation is 1. The van der Waals surface area contributed by atoms with E-state index in [1.807, 2.05) is 52.0 Å². The minimum Gasteiger partial charge on any atom is -0.444 e. The van der Waals surface area contributed by atoms with Crippen LogP contribution in [0.4, 0.5) is 16.4 Å². The van der Waals surface area contributed by atoms with E-state index in [2.05, 4.69) is 64.1 Å². The van der Waals surface area contributed by atoms with Crippen LogP contribution < -0.4 is 15.4 Å². The molecule has 0 bridgehead atoms. The van der Waals surface area contributed by atoms with E-state index in [-0.39, 0.29) is 12.1 Å². The number of amides is 1. The van der Waals surface area contributed by atoms with E-state index in [0.29, 0.717) is 43.1 Å². The zero-order valence-electron chi connectivity index (χ0n) is 28.4. The van der Waals surface area contributed by atoms with Crippen molar-refractivity contribution < 1.29 is 14.3 Å². The van der Waals surface area contributed by atoms with Crippen LogP contribution in [0, 0.1) is 6.92 Å². The number of hydrogen-bond acceptors (Lipinski definition) is 10. The summed E-state index contributed by atoms with van der Waals surface area (Å²) in [7, 11) is 0. The summed E-state index contributed by atoms with van der Waals surface area (Å²) in [6.45, 7) is 13.8. The maximum atomic E-state index is 12.7. The van der Waals surface area contributed by atoms with Crippen LogP contribution in [0.1, 0.15) is 69.6 Å². The number of piperidine rings is 1. The molecule has 0 unspecified atom stereocenters. The largest absolute Gasteiger partial charge is 0.444 e. The van der Waals surface area contributed by atoms with Gasteiger partial charge < -0.3 is 25.0 Å². The summed E-state index contributed by atoms with van der Waals surface area (Å²) in [5, 5.41) is 12.3. The average Bonchev–Trinajstić information content (AvgIpc) is 3.54. The van der Waals surface area contributed by atoms with Gasteiger partial charge in [-0.15, -0.1) is 11.3 Å². The Morgan fingerprint density at radius 1 is 1.04 bits per heavy atom. The van der Waals surface area contributed by atoms with Gasteiger partial charge in [0.25, 0.3) is 0 Å². The van der Waals surface area contributed by atoms with E-state index in [0.717, 1.165) is 56.9 Å². The molecule has 0 aliphatic carbocycles. The van der Waals surface area contributed by atoms with Gasteiger partial charge in [-0.3, -0.25) is 0 Å². The molecule has 1 atom stereocenters. The topological polar surface area (TPSA) is 114 Å². The lowest BCUT2D eigenvalue weighted by atomic mass is 10.0. The first-order valence-corrected chi connectivity index (χ1v) is 17.3. The molecule has 2 N–H and O–H groups in total. The molecule has 1 fully saturated rings. The van der Waals surface area contributed by atoms with Crippen molar-refractivity contribution in [3.8, 4) is 22.9 Å². The molecular weight excluding hydrogens is 623 g/mol. The number of anilines is 2. The summed E-state index contributed by atoms with van der Waals surface area (Å²) < 4.78 is 12.2. The number of aromatic nitrogens is 4. The first-order valence-electron chi connectivity index (χ1n) is 16.5. The van der Waals surface area contributed by atoms with E-state index in [9.17, 15) is 4.79 Å². The number of ether oxygens (including phenoxy) is 2. The van der Waals surface area contributed by atoms with Crippen LogP contribution in [0.3, 0.4) is 0 Å². The zero-order valence-corrected chi connectivity index (χ0v) is 29.2. The van der Waals surface area contributed by atoms with Gasteiger partial charge in [0.15, 0.2) is 0 Å². The molecule has 1 amide bonds. The van der Waals surface area contributed by atoms with Crippen LogP contribution in [0.15, 0.2) is 66.3 Å². The number of pyridine rings is 1. The minimum atomic E-state index is -0.540. The van der Waals surface area contributed by atoms with Crippen LogP contribution in [0.5, 0.6) is 11.6 Å². The van der Waals surface area contributed by atoms with Gasteiger partial charge in [-0.25, -0.2) is 24.7 Å². The molecule has 1 saturated heterocycles. The van der Waals surface area contributed by atoms with Gasteiger partial charge in [-0.1, -0.05) is 38.1 Å². The second-order valence-electron chi connectivity index (χ2n) is 13.4. The molecule has 250 valence electrons. The second kappa shape index (κ2) is 14.1. The molecular formula is C37H43N7O3S. The summed E-state index contributed by atoms with van der Waals surface area (Å²) in [4.78, 5) is 33.2. The summed E-state index contributed by atoms with van der Waals surface area (Å²) in [6, 6.07) is 16.1. The molecule has 3 aromatic heterocycles. The Morgan fingerprint density at radius 2 is 1.90 bits per heavy atom. The molecule has 5 aromatic rings. The maximum Gasteiger partial charge on any atom is 0.410 e. The fraction of sp³-hybridized carbons (Fsp3) is 0.378. The first kappa shape index (κ1) is 33.1. The molecule has 10 nitrogen and oxygen atoms in total. The summed E-state index contributed by atoms with van der Waals surface area (Å²) >= 11 is 1.70. The monoisotopic (exact) mass is 665 g/mol. The number of benzene rings is 2. The molecule has 1 aliphatic heterocycles. The van der Waals surface area contributed by atoms with Gasteiger partial charge in [-0.05, 0) is 70.4 Å². The highest BCUT2D eigenvalue weighted by atomic mass is 32.1. The summed E-state index contributed by atoms with van der Waals surface area (Å²) in [5.74, 6) is 2.09. The SMILES string of the molecule is Cc1ccc2c(NCc3csc(C(C)C)n3)cccc2c1Oc1ncccc1-c1ccnc(N[C@H]2CCCN(C(=O)OC(C)(C)C)C2)n1. The van der Waals surface area contributed by atoms with Crippen LogP contribution in [0.2, 0.25) is 0 Å². The third kappa shape index (κ3) is 7.84. The number of carbonyl (C=O) groups excluding carboxylic acids is 1. The highest BCUT2D eigenvalue weighted by molar-refractivity contribution is 7.09. The van der Waals surface area contributed by atoms with Crippen molar-refractivity contribution >= 4 is 39.8 Å². The van der Waals surface area contributed by atoms with Crippen molar-refractivity contribution in [2.75, 3.05) is 23.7 Å². The van der Waals surface area contributed by atoms with Gasteiger partial charge in [0.05, 0.1) is 28.5 Å². The number of nitrogens with one attached hydrogen (secondary N) is 2. The van der Waals surface area contributed by atoms with Gasteiger partial charge in [0.1, 0.15) is 11.4 Å². The molecule has 0 saturated carbocycles. The lowest BCUT2D eigenvalue weighted by molar-refractivity contribution is 0.0206. The number of rotatable bonds is 9. The quantitative estimate of drug-likeness (QED) is 0.159. The van der Waals surface area contributed by atoms with Crippen molar-refractivity contribution in [3.05, 3.63) is 82.6 Å². The molecule has 0 radical (unpaired) electrons. The summed E-state index contributed by atoms with van der Waals surface area (Å²) in [5.41, 5.74) is 3.93. The Bertz CT molecular complexity index is 1900. The van der Waals surface area contributed by atoms with E-state index in [1.54, 1.807) is 28.6 Å². The number of thiazole rings is 1. The molecule has 0 spiro atoms. The van der Waals surface area contributed by atoms with Crippen LogP contribution >= 0.6 is 11.3 Å². The third-order valence-corrected chi connectivity index (χ3v) is 9.23. The Balaban J connectivity index is 1.21.